The fraction of sp³-hybridized carbons (Fsp3) is 0.348. The molecule has 1 fully saturated rings. The van der Waals surface area contributed by atoms with E-state index in [4.69, 9.17) is 4.74 Å². The summed E-state index contributed by atoms with van der Waals surface area (Å²) < 4.78 is 32.7. The van der Waals surface area contributed by atoms with Crippen LogP contribution in [0, 0.1) is 5.92 Å². The monoisotopic (exact) mass is 488 g/mol. The fourth-order valence-corrected chi connectivity index (χ4v) is 4.59. The number of ether oxygens (including phenoxy) is 1. The standard InChI is InChI=1S/C23H28N4O6S/c1-2-33-23(30)27-13-7-11-19(16-27)22(29)26-25-21(28)18-10-6-12-20(14-18)34(31,32)24-15-17-8-4-3-5-9-17/h3-6,8-10,12,14,19,24H,2,7,11,13,15-16H2,1H3,(H,25,28)(H,26,29). The van der Waals surface area contributed by atoms with Gasteiger partial charge in [0.05, 0.1) is 17.4 Å². The fourth-order valence-electron chi connectivity index (χ4n) is 3.53. The molecule has 0 bridgehead atoms. The summed E-state index contributed by atoms with van der Waals surface area (Å²) in [6.45, 7) is 2.77. The minimum absolute atomic E-state index is 0.0691. The summed E-state index contributed by atoms with van der Waals surface area (Å²) in [5.74, 6) is -1.59. The topological polar surface area (TPSA) is 134 Å². The maximum atomic E-state index is 12.6. The van der Waals surface area contributed by atoms with Crippen LogP contribution >= 0.6 is 0 Å². The van der Waals surface area contributed by atoms with Gasteiger partial charge in [-0.05, 0) is 43.5 Å². The van der Waals surface area contributed by atoms with Gasteiger partial charge in [0.25, 0.3) is 5.91 Å². The maximum Gasteiger partial charge on any atom is 0.409 e. The highest BCUT2D eigenvalue weighted by Gasteiger charge is 2.29. The minimum atomic E-state index is -3.85. The molecule has 1 atom stereocenters. The van der Waals surface area contributed by atoms with Gasteiger partial charge in [-0.15, -0.1) is 0 Å². The zero-order valence-electron chi connectivity index (χ0n) is 18.8. The number of carbonyl (C=O) groups is 3. The number of carbonyl (C=O) groups excluding carboxylic acids is 3. The number of likely N-dealkylation sites (tertiary alicyclic amines) is 1. The van der Waals surface area contributed by atoms with Crippen LogP contribution in [0.3, 0.4) is 0 Å². The van der Waals surface area contributed by atoms with Crippen molar-refractivity contribution in [2.45, 2.75) is 31.2 Å². The first-order valence-electron chi connectivity index (χ1n) is 11.0. The molecule has 3 amide bonds. The summed E-state index contributed by atoms with van der Waals surface area (Å²) in [6.07, 6.45) is 0.738. The Hall–Kier alpha value is -3.44. The third-order valence-corrected chi connectivity index (χ3v) is 6.73. The smallest absolute Gasteiger partial charge is 0.409 e. The summed E-state index contributed by atoms with van der Waals surface area (Å²) in [4.78, 5) is 38.3. The number of hydrazine groups is 1. The van der Waals surface area contributed by atoms with Crippen molar-refractivity contribution in [1.82, 2.24) is 20.5 Å². The van der Waals surface area contributed by atoms with Crippen LogP contribution in [0.2, 0.25) is 0 Å². The van der Waals surface area contributed by atoms with Crippen LogP contribution in [0.15, 0.2) is 59.5 Å². The van der Waals surface area contributed by atoms with Gasteiger partial charge in [0.1, 0.15) is 0 Å². The highest BCUT2D eigenvalue weighted by Crippen LogP contribution is 2.17. The largest absolute Gasteiger partial charge is 0.450 e. The first-order chi connectivity index (χ1) is 16.3. The quantitative estimate of drug-likeness (QED) is 0.509. The average molecular weight is 489 g/mol. The van der Waals surface area contributed by atoms with Gasteiger partial charge >= 0.3 is 6.09 Å². The van der Waals surface area contributed by atoms with E-state index in [1.807, 2.05) is 18.2 Å². The van der Waals surface area contributed by atoms with Crippen LogP contribution in [0.25, 0.3) is 0 Å². The number of benzene rings is 2. The predicted molar refractivity (Wildman–Crippen MR) is 124 cm³/mol. The van der Waals surface area contributed by atoms with Crippen LogP contribution < -0.4 is 15.6 Å². The maximum absolute atomic E-state index is 12.6. The summed E-state index contributed by atoms with van der Waals surface area (Å²) in [5.41, 5.74) is 5.55. The first kappa shape index (κ1) is 25.2. The molecule has 3 N–H and O–H groups in total. The Balaban J connectivity index is 1.56. The molecule has 1 saturated heterocycles. The van der Waals surface area contributed by atoms with Crippen molar-refractivity contribution < 1.29 is 27.5 Å². The zero-order valence-corrected chi connectivity index (χ0v) is 19.6. The lowest BCUT2D eigenvalue weighted by Crippen LogP contribution is -2.50. The Morgan fingerprint density at radius 1 is 1.06 bits per heavy atom. The van der Waals surface area contributed by atoms with Gasteiger partial charge in [0, 0.05) is 25.2 Å². The molecule has 0 aromatic heterocycles. The Kier molecular flexibility index (Phi) is 8.61. The predicted octanol–water partition coefficient (Wildman–Crippen LogP) is 1.79. The SMILES string of the molecule is CCOC(=O)N1CCCC(C(=O)NNC(=O)c2cccc(S(=O)(=O)NCc3ccccc3)c2)C1. The Morgan fingerprint density at radius 3 is 2.56 bits per heavy atom. The van der Waals surface area contributed by atoms with Crippen molar-refractivity contribution in [2.24, 2.45) is 5.92 Å². The molecule has 0 aliphatic carbocycles. The second-order valence-corrected chi connectivity index (χ2v) is 9.53. The van der Waals surface area contributed by atoms with Gasteiger partial charge in [-0.1, -0.05) is 36.4 Å². The number of sulfonamides is 1. The van der Waals surface area contributed by atoms with Gasteiger partial charge in [-0.25, -0.2) is 17.9 Å². The second-order valence-electron chi connectivity index (χ2n) is 7.77. The van der Waals surface area contributed by atoms with Gasteiger partial charge < -0.3 is 9.64 Å². The van der Waals surface area contributed by atoms with Gasteiger partial charge in [0.2, 0.25) is 15.9 Å². The van der Waals surface area contributed by atoms with E-state index in [0.717, 1.165) is 5.56 Å². The molecule has 1 aliphatic heterocycles. The summed E-state index contributed by atoms with van der Waals surface area (Å²) in [6, 6.07) is 14.6. The van der Waals surface area contributed by atoms with Crippen molar-refractivity contribution >= 4 is 27.9 Å². The van der Waals surface area contributed by atoms with Crippen molar-refractivity contribution in [1.29, 1.82) is 0 Å². The molecule has 0 spiro atoms. The molecule has 0 radical (unpaired) electrons. The molecule has 11 heteroatoms. The molecule has 2 aromatic carbocycles. The van der Waals surface area contributed by atoms with E-state index in [9.17, 15) is 22.8 Å². The number of piperidine rings is 1. The average Bonchev–Trinajstić information content (AvgIpc) is 2.87. The van der Waals surface area contributed by atoms with Crippen molar-refractivity contribution in [3.8, 4) is 0 Å². The van der Waals surface area contributed by atoms with Crippen molar-refractivity contribution in [3.05, 3.63) is 65.7 Å². The number of nitrogens with one attached hydrogen (secondary N) is 3. The molecule has 10 nitrogen and oxygen atoms in total. The van der Waals surface area contributed by atoms with Crippen LogP contribution in [0.5, 0.6) is 0 Å². The Labute approximate surface area is 198 Å². The molecular formula is C23H28N4O6S. The van der Waals surface area contributed by atoms with Gasteiger partial charge in [0.15, 0.2) is 0 Å². The summed E-state index contributed by atoms with van der Waals surface area (Å²) in [7, 11) is -3.85. The van der Waals surface area contributed by atoms with E-state index in [1.54, 1.807) is 19.1 Å². The molecule has 1 unspecified atom stereocenters. The Morgan fingerprint density at radius 2 is 1.82 bits per heavy atom. The summed E-state index contributed by atoms with van der Waals surface area (Å²) >= 11 is 0. The van der Waals surface area contributed by atoms with Crippen molar-refractivity contribution in [3.63, 3.8) is 0 Å². The number of hydrogen-bond acceptors (Lipinski definition) is 6. The molecule has 34 heavy (non-hydrogen) atoms. The van der Waals surface area contributed by atoms with Crippen LogP contribution in [-0.4, -0.2) is 50.9 Å². The van der Waals surface area contributed by atoms with E-state index >= 15 is 0 Å². The van der Waals surface area contributed by atoms with E-state index in [0.29, 0.717) is 19.4 Å². The lowest BCUT2D eigenvalue weighted by Gasteiger charge is -2.31. The molecule has 2 aromatic rings. The lowest BCUT2D eigenvalue weighted by atomic mass is 9.98. The molecule has 182 valence electrons. The second kappa shape index (κ2) is 11.6. The number of amides is 3. The highest BCUT2D eigenvalue weighted by atomic mass is 32.2. The van der Waals surface area contributed by atoms with Gasteiger partial charge in [-0.3, -0.25) is 20.4 Å². The van der Waals surface area contributed by atoms with Crippen molar-refractivity contribution in [2.75, 3.05) is 19.7 Å². The zero-order chi connectivity index (χ0) is 24.6. The minimum Gasteiger partial charge on any atom is -0.450 e. The van der Waals surface area contributed by atoms with Crippen LogP contribution in [0.4, 0.5) is 4.79 Å². The molecule has 3 rings (SSSR count). The summed E-state index contributed by atoms with van der Waals surface area (Å²) in [5, 5.41) is 0. The normalized spacial score (nSPS) is 15.9. The van der Waals surface area contributed by atoms with E-state index in [-0.39, 0.29) is 30.2 Å². The third-order valence-electron chi connectivity index (χ3n) is 5.33. The third kappa shape index (κ3) is 6.78. The highest BCUT2D eigenvalue weighted by molar-refractivity contribution is 7.89. The molecular weight excluding hydrogens is 460 g/mol. The van der Waals surface area contributed by atoms with Crippen LogP contribution in [-0.2, 0) is 26.1 Å². The number of nitrogens with zero attached hydrogens (tertiary/aromatic N) is 1. The Bertz CT molecular complexity index is 1120. The first-order valence-corrected chi connectivity index (χ1v) is 12.4. The molecule has 0 saturated carbocycles. The lowest BCUT2D eigenvalue weighted by molar-refractivity contribution is -0.127. The molecule has 1 aliphatic rings. The van der Waals surface area contributed by atoms with E-state index < -0.39 is 33.8 Å². The van der Waals surface area contributed by atoms with E-state index in [2.05, 4.69) is 15.6 Å². The molecule has 1 heterocycles. The number of hydrogen-bond donors (Lipinski definition) is 3. The van der Waals surface area contributed by atoms with Gasteiger partial charge in [-0.2, -0.15) is 0 Å². The van der Waals surface area contributed by atoms with Crippen LogP contribution in [0.1, 0.15) is 35.7 Å². The number of rotatable bonds is 7. The van der Waals surface area contributed by atoms with E-state index in [1.165, 1.54) is 29.2 Å².